The van der Waals surface area contributed by atoms with Crippen LogP contribution in [0.4, 0.5) is 0 Å². The van der Waals surface area contributed by atoms with Crippen molar-refractivity contribution in [3.05, 3.63) is 24.0 Å². The molecule has 0 aliphatic heterocycles. The summed E-state index contributed by atoms with van der Waals surface area (Å²) in [5.74, 6) is 0.737. The Kier molecular flexibility index (Phi) is 2.95. The smallest absolute Gasteiger partial charge is 0.185 e. The van der Waals surface area contributed by atoms with E-state index in [-0.39, 0.29) is 4.90 Å². The number of aromatic amines is 1. The van der Waals surface area contributed by atoms with Gasteiger partial charge in [0.25, 0.3) is 0 Å². The van der Waals surface area contributed by atoms with Crippen LogP contribution in [0.1, 0.15) is 19.7 Å². The summed E-state index contributed by atoms with van der Waals surface area (Å²) in [5, 5.41) is 9.21. The van der Waals surface area contributed by atoms with Crippen LogP contribution in [0.3, 0.4) is 0 Å². The van der Waals surface area contributed by atoms with Gasteiger partial charge < -0.3 is 10.1 Å². The average Bonchev–Trinajstić information content (AvgIpc) is 2.67. The fraction of sp³-hybridized carbons (Fsp3) is 0.417. The van der Waals surface area contributed by atoms with Gasteiger partial charge in [-0.3, -0.25) is 0 Å². The molecule has 6 heteroatoms. The number of nitrogens with zero attached hydrogens (tertiary/aromatic N) is 1. The van der Waals surface area contributed by atoms with Crippen molar-refractivity contribution in [1.29, 1.82) is 0 Å². The molecule has 0 aliphatic rings. The van der Waals surface area contributed by atoms with Crippen LogP contribution in [0.15, 0.2) is 23.1 Å². The van der Waals surface area contributed by atoms with Crippen LogP contribution in [0, 0.1) is 6.92 Å². The van der Waals surface area contributed by atoms with E-state index < -0.39 is 21.2 Å². The van der Waals surface area contributed by atoms with Crippen molar-refractivity contribution in [3.8, 4) is 0 Å². The standard InChI is InChI=1S/C12H16N2O3S/c1-8-13-10-5-4-9(6-11(10)14-8)18(16,17)12(2,3)7-15/h4-6,15H,7H2,1-3H3,(H,13,14). The van der Waals surface area contributed by atoms with Gasteiger partial charge in [-0.05, 0) is 39.0 Å². The van der Waals surface area contributed by atoms with Crippen LogP contribution in [0.2, 0.25) is 0 Å². The lowest BCUT2D eigenvalue weighted by molar-refractivity contribution is 0.258. The maximum absolute atomic E-state index is 12.3. The molecule has 98 valence electrons. The van der Waals surface area contributed by atoms with Gasteiger partial charge in [0, 0.05) is 0 Å². The molecule has 1 heterocycles. The third-order valence-electron chi connectivity index (χ3n) is 2.99. The highest BCUT2D eigenvalue weighted by Crippen LogP contribution is 2.27. The van der Waals surface area contributed by atoms with E-state index in [1.165, 1.54) is 19.9 Å². The molecule has 2 N–H and O–H groups in total. The number of aryl methyl sites for hydroxylation is 1. The van der Waals surface area contributed by atoms with E-state index >= 15 is 0 Å². The van der Waals surface area contributed by atoms with Crippen LogP contribution in [-0.4, -0.2) is 34.8 Å². The molecular weight excluding hydrogens is 252 g/mol. The Labute approximate surface area is 106 Å². The summed E-state index contributed by atoms with van der Waals surface area (Å²) >= 11 is 0. The van der Waals surface area contributed by atoms with Crippen molar-refractivity contribution in [1.82, 2.24) is 9.97 Å². The summed E-state index contributed by atoms with van der Waals surface area (Å²) in [6.07, 6.45) is 0. The predicted molar refractivity (Wildman–Crippen MR) is 69.2 cm³/mol. The Morgan fingerprint density at radius 2 is 2.06 bits per heavy atom. The molecule has 1 aromatic heterocycles. The second kappa shape index (κ2) is 4.07. The maximum atomic E-state index is 12.3. The van der Waals surface area contributed by atoms with Crippen molar-refractivity contribution < 1.29 is 13.5 Å². The van der Waals surface area contributed by atoms with Crippen molar-refractivity contribution >= 4 is 20.9 Å². The first-order chi connectivity index (χ1) is 8.28. The molecule has 0 atom stereocenters. The summed E-state index contributed by atoms with van der Waals surface area (Å²) in [5.41, 5.74) is 1.41. The van der Waals surface area contributed by atoms with Crippen LogP contribution in [0.25, 0.3) is 11.0 Å². The first-order valence-electron chi connectivity index (χ1n) is 5.60. The number of fused-ring (bicyclic) bond motifs is 1. The van der Waals surface area contributed by atoms with Gasteiger partial charge in [-0.2, -0.15) is 0 Å². The van der Waals surface area contributed by atoms with Crippen LogP contribution in [0.5, 0.6) is 0 Å². The lowest BCUT2D eigenvalue weighted by Gasteiger charge is -2.21. The molecule has 0 bridgehead atoms. The molecule has 0 saturated carbocycles. The Hall–Kier alpha value is -1.40. The zero-order valence-electron chi connectivity index (χ0n) is 10.6. The van der Waals surface area contributed by atoms with E-state index in [0.717, 1.165) is 11.3 Å². The number of hydrogen-bond donors (Lipinski definition) is 2. The lowest BCUT2D eigenvalue weighted by atomic mass is 10.2. The Balaban J connectivity index is 2.61. The molecule has 0 unspecified atom stereocenters. The summed E-state index contributed by atoms with van der Waals surface area (Å²) in [6.45, 7) is 4.40. The molecule has 0 spiro atoms. The summed E-state index contributed by atoms with van der Waals surface area (Å²) in [4.78, 5) is 7.41. The number of aliphatic hydroxyl groups is 1. The Bertz CT molecular complexity index is 686. The van der Waals surface area contributed by atoms with E-state index in [4.69, 9.17) is 0 Å². The quantitative estimate of drug-likeness (QED) is 0.881. The van der Waals surface area contributed by atoms with E-state index in [0.29, 0.717) is 5.52 Å². The monoisotopic (exact) mass is 268 g/mol. The van der Waals surface area contributed by atoms with Crippen molar-refractivity contribution in [2.75, 3.05) is 6.61 Å². The number of aromatic nitrogens is 2. The van der Waals surface area contributed by atoms with Gasteiger partial charge in [0.2, 0.25) is 0 Å². The topological polar surface area (TPSA) is 83.1 Å². The molecule has 0 radical (unpaired) electrons. The minimum atomic E-state index is -3.57. The summed E-state index contributed by atoms with van der Waals surface area (Å²) < 4.78 is 23.5. The van der Waals surface area contributed by atoms with Gasteiger partial charge >= 0.3 is 0 Å². The number of imidazole rings is 1. The second-order valence-electron chi connectivity index (χ2n) is 4.92. The SMILES string of the molecule is Cc1nc2ccc(S(=O)(=O)C(C)(C)CO)cc2[nH]1. The fourth-order valence-corrected chi connectivity index (χ4v) is 3.02. The number of hydrogen-bond acceptors (Lipinski definition) is 4. The Morgan fingerprint density at radius 1 is 1.39 bits per heavy atom. The van der Waals surface area contributed by atoms with Crippen LogP contribution >= 0.6 is 0 Å². The van der Waals surface area contributed by atoms with Gasteiger partial charge in [-0.1, -0.05) is 0 Å². The molecule has 0 aliphatic carbocycles. The largest absolute Gasteiger partial charge is 0.395 e. The van der Waals surface area contributed by atoms with Gasteiger partial charge in [0.15, 0.2) is 9.84 Å². The Morgan fingerprint density at radius 3 is 2.67 bits per heavy atom. The van der Waals surface area contributed by atoms with Gasteiger partial charge in [0.1, 0.15) is 5.82 Å². The normalized spacial score (nSPS) is 13.1. The molecule has 2 rings (SSSR count). The third kappa shape index (κ3) is 1.91. The molecule has 0 amide bonds. The van der Waals surface area contributed by atoms with Crippen LogP contribution < -0.4 is 0 Å². The molecule has 0 saturated heterocycles. The third-order valence-corrected chi connectivity index (χ3v) is 5.45. The zero-order chi connectivity index (χ0) is 13.6. The van der Waals surface area contributed by atoms with Gasteiger partial charge in [0.05, 0.1) is 27.3 Å². The van der Waals surface area contributed by atoms with E-state index in [1.54, 1.807) is 12.1 Å². The molecular formula is C12H16N2O3S. The molecule has 1 aromatic carbocycles. The van der Waals surface area contributed by atoms with Crippen molar-refractivity contribution in [3.63, 3.8) is 0 Å². The highest BCUT2D eigenvalue weighted by atomic mass is 32.2. The maximum Gasteiger partial charge on any atom is 0.185 e. The second-order valence-corrected chi connectivity index (χ2v) is 7.51. The number of H-pyrrole nitrogens is 1. The fourth-order valence-electron chi connectivity index (χ4n) is 1.69. The number of nitrogens with one attached hydrogen (secondary N) is 1. The van der Waals surface area contributed by atoms with Crippen molar-refractivity contribution in [2.24, 2.45) is 0 Å². The number of benzene rings is 1. The minimum Gasteiger partial charge on any atom is -0.395 e. The van der Waals surface area contributed by atoms with Gasteiger partial charge in [-0.25, -0.2) is 13.4 Å². The zero-order valence-corrected chi connectivity index (χ0v) is 11.4. The van der Waals surface area contributed by atoms with Crippen molar-refractivity contribution in [2.45, 2.75) is 30.4 Å². The molecule has 5 nitrogen and oxygen atoms in total. The number of aliphatic hydroxyl groups excluding tert-OH is 1. The number of sulfone groups is 1. The predicted octanol–water partition coefficient (Wildman–Crippen LogP) is 1.42. The van der Waals surface area contributed by atoms with E-state index in [1.807, 2.05) is 6.92 Å². The highest BCUT2D eigenvalue weighted by molar-refractivity contribution is 7.92. The number of rotatable bonds is 3. The summed E-state index contributed by atoms with van der Waals surface area (Å²) in [6, 6.07) is 4.75. The minimum absolute atomic E-state index is 0.192. The van der Waals surface area contributed by atoms with E-state index in [2.05, 4.69) is 9.97 Å². The molecule has 0 fully saturated rings. The first-order valence-corrected chi connectivity index (χ1v) is 7.08. The van der Waals surface area contributed by atoms with Gasteiger partial charge in [-0.15, -0.1) is 0 Å². The molecule has 2 aromatic rings. The van der Waals surface area contributed by atoms with E-state index in [9.17, 15) is 13.5 Å². The molecule has 18 heavy (non-hydrogen) atoms. The summed E-state index contributed by atoms with van der Waals surface area (Å²) in [7, 11) is -3.57. The first kappa shape index (κ1) is 13.0. The lowest BCUT2D eigenvalue weighted by Crippen LogP contribution is -2.35. The highest BCUT2D eigenvalue weighted by Gasteiger charge is 2.35. The van der Waals surface area contributed by atoms with Crippen LogP contribution in [-0.2, 0) is 9.84 Å². The average molecular weight is 268 g/mol.